The van der Waals surface area contributed by atoms with Gasteiger partial charge in [0.1, 0.15) is 12.1 Å². The number of ether oxygens (including phenoxy) is 1. The van der Waals surface area contributed by atoms with Crippen LogP contribution in [-0.2, 0) is 19.1 Å². The molecular weight excluding hydrogens is 673 g/mol. The number of unbranched alkanes of at least 4 members (excludes halogenated alkanes) is 14. The van der Waals surface area contributed by atoms with Gasteiger partial charge >= 0.3 is 11.9 Å². The van der Waals surface area contributed by atoms with E-state index in [-0.39, 0.29) is 18.0 Å². The molecule has 0 aliphatic heterocycles. The molecule has 2 unspecified atom stereocenters. The molecule has 308 valence electrons. The van der Waals surface area contributed by atoms with E-state index in [2.05, 4.69) is 92.1 Å². The number of carbonyl (C=O) groups is 3. The number of amides is 1. The summed E-state index contributed by atoms with van der Waals surface area (Å²) < 4.78 is 5.92. The number of nitrogens with two attached hydrogens (primary N) is 1. The summed E-state index contributed by atoms with van der Waals surface area (Å²) >= 11 is 0. The Balaban J connectivity index is 4.27. The fraction of sp³-hybridized carbons (Fsp3) is 0.681. The highest BCUT2D eigenvalue weighted by atomic mass is 16.5. The molecule has 0 spiro atoms. The van der Waals surface area contributed by atoms with Gasteiger partial charge in [-0.1, -0.05) is 145 Å². The molecule has 0 aromatic carbocycles. The number of allylic oxidation sites excluding steroid dienone is 11. The molecule has 4 N–H and O–H groups in total. The minimum absolute atomic E-state index is 0.109. The fourth-order valence-corrected chi connectivity index (χ4v) is 5.97. The van der Waals surface area contributed by atoms with Crippen molar-refractivity contribution in [2.75, 3.05) is 6.54 Å². The van der Waals surface area contributed by atoms with Crippen LogP contribution < -0.4 is 11.1 Å². The molecule has 0 saturated heterocycles. The molecular formula is C47H80N2O5. The van der Waals surface area contributed by atoms with Crippen molar-refractivity contribution in [2.45, 2.75) is 199 Å². The first-order valence-electron chi connectivity index (χ1n) is 21.8. The third-order valence-corrected chi connectivity index (χ3v) is 9.24. The van der Waals surface area contributed by atoms with E-state index in [1.54, 1.807) is 0 Å². The summed E-state index contributed by atoms with van der Waals surface area (Å²) in [5, 5.41) is 11.9. The number of carboxylic acid groups (broad SMARTS) is 1. The van der Waals surface area contributed by atoms with E-state index in [1.807, 2.05) is 0 Å². The smallest absolute Gasteiger partial charge is 0.326 e. The quantitative estimate of drug-likeness (QED) is 0.0328. The summed E-state index contributed by atoms with van der Waals surface area (Å²) in [6.45, 7) is 4.79. The van der Waals surface area contributed by atoms with Crippen molar-refractivity contribution in [3.63, 3.8) is 0 Å². The Morgan fingerprint density at radius 1 is 0.574 bits per heavy atom. The van der Waals surface area contributed by atoms with Crippen LogP contribution in [0.3, 0.4) is 0 Å². The lowest BCUT2D eigenvalue weighted by Crippen LogP contribution is -2.40. The zero-order valence-electron chi connectivity index (χ0n) is 34.5. The Morgan fingerprint density at radius 3 is 1.65 bits per heavy atom. The first-order valence-corrected chi connectivity index (χ1v) is 21.8. The van der Waals surface area contributed by atoms with Gasteiger partial charge in [-0.3, -0.25) is 9.59 Å². The summed E-state index contributed by atoms with van der Waals surface area (Å²) in [7, 11) is 0. The molecule has 7 heteroatoms. The van der Waals surface area contributed by atoms with Crippen LogP contribution in [0.1, 0.15) is 187 Å². The maximum absolute atomic E-state index is 12.7. The SMILES string of the molecule is CC/C=C\C/C=C\C/C=C\C/C=C\C/C=C\CCCCCCCC(=O)OC(/C=C\CCCCCCCC)CCCCCCC(=O)NC(CCCN)C(=O)O. The Hall–Kier alpha value is -3.19. The van der Waals surface area contributed by atoms with E-state index < -0.39 is 12.0 Å². The third-order valence-electron chi connectivity index (χ3n) is 9.24. The minimum Gasteiger partial charge on any atom is -0.480 e. The lowest BCUT2D eigenvalue weighted by Gasteiger charge is -2.15. The van der Waals surface area contributed by atoms with E-state index >= 15 is 0 Å². The van der Waals surface area contributed by atoms with Crippen molar-refractivity contribution < 1.29 is 24.2 Å². The Kier molecular flexibility index (Phi) is 38.6. The van der Waals surface area contributed by atoms with Gasteiger partial charge in [0.2, 0.25) is 5.91 Å². The van der Waals surface area contributed by atoms with Gasteiger partial charge in [-0.2, -0.15) is 0 Å². The molecule has 0 aromatic heterocycles. The van der Waals surface area contributed by atoms with Gasteiger partial charge in [0.25, 0.3) is 0 Å². The van der Waals surface area contributed by atoms with Crippen LogP contribution in [0, 0.1) is 0 Å². The molecule has 7 nitrogen and oxygen atoms in total. The topological polar surface area (TPSA) is 119 Å². The summed E-state index contributed by atoms with van der Waals surface area (Å²) in [6.07, 6.45) is 52.5. The van der Waals surface area contributed by atoms with Crippen LogP contribution in [0.25, 0.3) is 0 Å². The second-order valence-electron chi connectivity index (χ2n) is 14.4. The number of nitrogens with one attached hydrogen (secondary N) is 1. The summed E-state index contributed by atoms with van der Waals surface area (Å²) in [6, 6.07) is -0.875. The normalized spacial score (nSPS) is 13.4. The predicted molar refractivity (Wildman–Crippen MR) is 229 cm³/mol. The average molecular weight is 753 g/mol. The number of carboxylic acids is 1. The lowest BCUT2D eigenvalue weighted by atomic mass is 10.1. The van der Waals surface area contributed by atoms with Crippen LogP contribution >= 0.6 is 0 Å². The molecule has 54 heavy (non-hydrogen) atoms. The molecule has 2 atom stereocenters. The molecule has 1 amide bonds. The van der Waals surface area contributed by atoms with Crippen molar-refractivity contribution in [1.29, 1.82) is 0 Å². The zero-order valence-corrected chi connectivity index (χ0v) is 34.5. The minimum atomic E-state index is -1.02. The van der Waals surface area contributed by atoms with E-state index in [1.165, 1.54) is 51.4 Å². The Bertz CT molecular complexity index is 1070. The number of esters is 1. The second-order valence-corrected chi connectivity index (χ2v) is 14.4. The van der Waals surface area contributed by atoms with Gasteiger partial charge in [-0.15, -0.1) is 0 Å². The van der Waals surface area contributed by atoms with Gasteiger partial charge in [0, 0.05) is 12.8 Å². The van der Waals surface area contributed by atoms with Crippen LogP contribution in [0.15, 0.2) is 72.9 Å². The van der Waals surface area contributed by atoms with Crippen LogP contribution in [-0.4, -0.2) is 41.6 Å². The van der Waals surface area contributed by atoms with E-state index in [0.29, 0.717) is 38.6 Å². The van der Waals surface area contributed by atoms with Crippen LogP contribution in [0.5, 0.6) is 0 Å². The summed E-state index contributed by atoms with van der Waals surface area (Å²) in [4.78, 5) is 36.3. The average Bonchev–Trinajstić information content (AvgIpc) is 3.16. The van der Waals surface area contributed by atoms with Crippen molar-refractivity contribution >= 4 is 17.8 Å². The third kappa shape index (κ3) is 37.1. The maximum atomic E-state index is 12.7. The molecule has 0 fully saturated rings. The molecule has 0 aliphatic rings. The highest BCUT2D eigenvalue weighted by Gasteiger charge is 2.19. The van der Waals surface area contributed by atoms with Crippen molar-refractivity contribution in [3.05, 3.63) is 72.9 Å². The Labute approximate surface area is 331 Å². The van der Waals surface area contributed by atoms with Crippen molar-refractivity contribution in [1.82, 2.24) is 5.32 Å². The second kappa shape index (κ2) is 41.0. The molecule has 0 bridgehead atoms. The molecule has 0 aliphatic carbocycles. The maximum Gasteiger partial charge on any atom is 0.326 e. The number of carbonyl (C=O) groups excluding carboxylic acids is 2. The molecule has 0 saturated carbocycles. The van der Waals surface area contributed by atoms with Gasteiger partial charge in [0.15, 0.2) is 0 Å². The summed E-state index contributed by atoms with van der Waals surface area (Å²) in [5.41, 5.74) is 5.48. The molecule has 0 rings (SSSR count). The molecule has 0 radical (unpaired) electrons. The van der Waals surface area contributed by atoms with Gasteiger partial charge in [0.05, 0.1) is 0 Å². The molecule has 0 heterocycles. The number of aliphatic carboxylic acids is 1. The summed E-state index contributed by atoms with van der Waals surface area (Å²) in [5.74, 6) is -1.36. The van der Waals surface area contributed by atoms with Crippen molar-refractivity contribution in [2.24, 2.45) is 5.73 Å². The largest absolute Gasteiger partial charge is 0.480 e. The van der Waals surface area contributed by atoms with E-state index in [4.69, 9.17) is 10.5 Å². The number of hydrogen-bond acceptors (Lipinski definition) is 5. The highest BCUT2D eigenvalue weighted by molar-refractivity contribution is 5.83. The fourth-order valence-electron chi connectivity index (χ4n) is 5.97. The van der Waals surface area contributed by atoms with Gasteiger partial charge in [-0.05, 0) is 109 Å². The van der Waals surface area contributed by atoms with E-state index in [0.717, 1.165) is 89.9 Å². The van der Waals surface area contributed by atoms with Crippen molar-refractivity contribution in [3.8, 4) is 0 Å². The van der Waals surface area contributed by atoms with Crippen LogP contribution in [0.2, 0.25) is 0 Å². The Morgan fingerprint density at radius 2 is 1.07 bits per heavy atom. The monoisotopic (exact) mass is 753 g/mol. The standard InChI is InChI=1S/C47H80N2O5/c1-3-5-7-9-11-13-14-15-16-17-18-19-20-21-22-23-24-25-27-29-35-41-46(51)54-43(37-32-28-26-12-10-8-6-4-2)38-33-30-31-34-40-45(50)49-44(47(52)53)39-36-42-48/h5,7,11,13,15-16,18-19,21-22,32,37,43-44H,3-4,6,8-10,12,14,17,20,23-31,33-36,38-42,48H2,1-2H3,(H,49,50)(H,52,53)/b7-5-,13-11-,16-15-,19-18-,22-21-,37-32-. The lowest BCUT2D eigenvalue weighted by molar-refractivity contribution is -0.147. The zero-order chi connectivity index (χ0) is 39.6. The predicted octanol–water partition coefficient (Wildman–Crippen LogP) is 12.3. The molecule has 0 aromatic rings. The highest BCUT2D eigenvalue weighted by Crippen LogP contribution is 2.15. The van der Waals surface area contributed by atoms with Crippen LogP contribution in [0.4, 0.5) is 0 Å². The van der Waals surface area contributed by atoms with Gasteiger partial charge in [-0.25, -0.2) is 4.79 Å². The first-order chi connectivity index (χ1) is 26.4. The number of hydrogen-bond donors (Lipinski definition) is 3. The van der Waals surface area contributed by atoms with E-state index in [9.17, 15) is 19.5 Å². The number of rotatable bonds is 38. The van der Waals surface area contributed by atoms with Gasteiger partial charge < -0.3 is 20.9 Å². The first kappa shape index (κ1) is 50.8.